The van der Waals surface area contributed by atoms with Crippen molar-refractivity contribution in [2.24, 2.45) is 5.92 Å². The zero-order valence-electron chi connectivity index (χ0n) is 16.2. The van der Waals surface area contributed by atoms with Crippen LogP contribution in [0.4, 0.5) is 4.39 Å². The maximum absolute atomic E-state index is 13.5. The zero-order valence-corrected chi connectivity index (χ0v) is 16.2. The Bertz CT molecular complexity index is 759. The highest BCUT2D eigenvalue weighted by atomic mass is 19.1. The molecule has 2 aromatic rings. The van der Waals surface area contributed by atoms with Gasteiger partial charge in [-0.05, 0) is 62.5 Å². The second kappa shape index (κ2) is 8.72. The van der Waals surface area contributed by atoms with E-state index < -0.39 is 6.10 Å². The number of likely N-dealkylation sites (tertiary alicyclic amines) is 1. The molecule has 1 heterocycles. The highest BCUT2D eigenvalue weighted by molar-refractivity contribution is 5.47. The number of piperidine rings is 1. The van der Waals surface area contributed by atoms with Crippen LogP contribution in [-0.2, 0) is 0 Å². The van der Waals surface area contributed by atoms with Gasteiger partial charge in [-0.25, -0.2) is 4.39 Å². The van der Waals surface area contributed by atoms with Gasteiger partial charge in [0, 0.05) is 11.6 Å². The average Bonchev–Trinajstić information content (AvgIpc) is 2.72. The first kappa shape index (κ1) is 19.6. The molecule has 2 aromatic carbocycles. The fourth-order valence-corrected chi connectivity index (χ4v) is 4.00. The molecule has 0 spiro atoms. The van der Waals surface area contributed by atoms with Gasteiger partial charge in [0.1, 0.15) is 5.82 Å². The van der Waals surface area contributed by atoms with E-state index in [1.54, 1.807) is 26.4 Å². The third-order valence-corrected chi connectivity index (χ3v) is 5.65. The fraction of sp³-hybridized carbons (Fsp3) is 0.455. The van der Waals surface area contributed by atoms with Gasteiger partial charge in [-0.2, -0.15) is 0 Å². The van der Waals surface area contributed by atoms with Crippen LogP contribution in [0.5, 0.6) is 11.5 Å². The molecule has 0 aliphatic carbocycles. The highest BCUT2D eigenvalue weighted by Crippen LogP contribution is 2.40. The van der Waals surface area contributed by atoms with E-state index in [0.29, 0.717) is 11.5 Å². The number of methoxy groups -OCH3 is 2. The molecule has 2 unspecified atom stereocenters. The second-order valence-corrected chi connectivity index (χ2v) is 7.13. The van der Waals surface area contributed by atoms with E-state index in [4.69, 9.17) is 9.47 Å². The molecule has 1 fully saturated rings. The van der Waals surface area contributed by atoms with Crippen molar-refractivity contribution < 1.29 is 19.0 Å². The van der Waals surface area contributed by atoms with Gasteiger partial charge < -0.3 is 14.6 Å². The van der Waals surface area contributed by atoms with Crippen molar-refractivity contribution >= 4 is 0 Å². The molecule has 4 nitrogen and oxygen atoms in total. The molecule has 0 aromatic heterocycles. The van der Waals surface area contributed by atoms with Gasteiger partial charge in [-0.15, -0.1) is 0 Å². The predicted octanol–water partition coefficient (Wildman–Crippen LogP) is 4.35. The normalized spacial score (nSPS) is 18.1. The van der Waals surface area contributed by atoms with E-state index in [1.807, 2.05) is 24.3 Å². The zero-order chi connectivity index (χ0) is 19.4. The molecule has 0 bridgehead atoms. The summed E-state index contributed by atoms with van der Waals surface area (Å²) < 4.78 is 24.3. The largest absolute Gasteiger partial charge is 0.493 e. The summed E-state index contributed by atoms with van der Waals surface area (Å²) in [6.07, 6.45) is 1.16. The molecule has 0 amide bonds. The van der Waals surface area contributed by atoms with Crippen LogP contribution in [0.15, 0.2) is 42.5 Å². The van der Waals surface area contributed by atoms with Gasteiger partial charge in [-0.1, -0.05) is 24.3 Å². The molecular formula is C22H28FNO3. The van der Waals surface area contributed by atoms with Crippen LogP contribution in [0, 0.1) is 11.7 Å². The van der Waals surface area contributed by atoms with Crippen LogP contribution in [0.25, 0.3) is 0 Å². The summed E-state index contributed by atoms with van der Waals surface area (Å²) in [5.74, 6) is 1.19. The number of ether oxygens (including phenoxy) is 2. The molecule has 1 aliphatic rings. The van der Waals surface area contributed by atoms with Crippen LogP contribution in [-0.4, -0.2) is 37.3 Å². The lowest BCUT2D eigenvalue weighted by Crippen LogP contribution is -2.37. The van der Waals surface area contributed by atoms with Gasteiger partial charge >= 0.3 is 0 Å². The lowest BCUT2D eigenvalue weighted by atomic mass is 9.86. The molecule has 27 heavy (non-hydrogen) atoms. The molecular weight excluding hydrogens is 345 g/mol. The summed E-state index contributed by atoms with van der Waals surface area (Å²) in [7, 11) is 3.19. The Morgan fingerprint density at radius 3 is 2.41 bits per heavy atom. The lowest BCUT2D eigenvalue weighted by molar-refractivity contribution is 0.0456. The van der Waals surface area contributed by atoms with Crippen molar-refractivity contribution in [2.75, 3.05) is 27.3 Å². The Morgan fingerprint density at radius 2 is 1.78 bits per heavy atom. The third-order valence-electron chi connectivity index (χ3n) is 5.65. The summed E-state index contributed by atoms with van der Waals surface area (Å²) in [4.78, 5) is 2.35. The summed E-state index contributed by atoms with van der Waals surface area (Å²) >= 11 is 0. The van der Waals surface area contributed by atoms with E-state index in [1.165, 1.54) is 6.07 Å². The van der Waals surface area contributed by atoms with E-state index >= 15 is 0 Å². The van der Waals surface area contributed by atoms with Crippen molar-refractivity contribution in [3.05, 3.63) is 59.4 Å². The predicted molar refractivity (Wildman–Crippen MR) is 104 cm³/mol. The average molecular weight is 373 g/mol. The molecule has 1 saturated heterocycles. The summed E-state index contributed by atoms with van der Waals surface area (Å²) in [6, 6.07) is 12.6. The number of rotatable bonds is 6. The first-order valence-corrected chi connectivity index (χ1v) is 9.43. The van der Waals surface area contributed by atoms with Gasteiger partial charge in [0.2, 0.25) is 0 Å². The molecule has 2 atom stereocenters. The van der Waals surface area contributed by atoms with Gasteiger partial charge in [0.05, 0.1) is 20.3 Å². The first-order valence-electron chi connectivity index (χ1n) is 9.43. The molecule has 0 saturated carbocycles. The van der Waals surface area contributed by atoms with Crippen LogP contribution in [0.1, 0.15) is 43.0 Å². The summed E-state index contributed by atoms with van der Waals surface area (Å²) in [5.41, 5.74) is 1.76. The fourth-order valence-electron chi connectivity index (χ4n) is 4.00. The molecule has 146 valence electrons. The standard InChI is InChI=1S/C22H28FNO3/c1-15(17-6-4-7-18(23)14-17)24-12-10-16(11-13-24)21(25)19-8-5-9-20(26-2)22(19)27-3/h4-9,14-16,21,25H,10-13H2,1-3H3. The number of benzene rings is 2. The Morgan fingerprint density at radius 1 is 1.07 bits per heavy atom. The Balaban J connectivity index is 1.67. The Kier molecular flexibility index (Phi) is 6.34. The maximum atomic E-state index is 13.5. The van der Waals surface area contributed by atoms with Crippen molar-refractivity contribution in [3.8, 4) is 11.5 Å². The summed E-state index contributed by atoms with van der Waals surface area (Å²) in [6.45, 7) is 3.84. The molecule has 1 aliphatic heterocycles. The van der Waals surface area contributed by atoms with Crippen LogP contribution >= 0.6 is 0 Å². The van der Waals surface area contributed by atoms with E-state index in [2.05, 4.69) is 11.8 Å². The monoisotopic (exact) mass is 373 g/mol. The van der Waals surface area contributed by atoms with Gasteiger partial charge in [0.25, 0.3) is 0 Å². The van der Waals surface area contributed by atoms with Crippen molar-refractivity contribution in [1.29, 1.82) is 0 Å². The summed E-state index contributed by atoms with van der Waals surface area (Å²) in [5, 5.41) is 11.0. The minimum Gasteiger partial charge on any atom is -0.493 e. The number of hydrogen-bond donors (Lipinski definition) is 1. The molecule has 5 heteroatoms. The minimum atomic E-state index is -0.596. The number of hydrogen-bond acceptors (Lipinski definition) is 4. The number of aliphatic hydroxyl groups excluding tert-OH is 1. The Hall–Kier alpha value is -2.11. The number of nitrogens with zero attached hydrogens (tertiary/aromatic N) is 1. The highest BCUT2D eigenvalue weighted by Gasteiger charge is 2.30. The maximum Gasteiger partial charge on any atom is 0.166 e. The molecule has 1 N–H and O–H groups in total. The third kappa shape index (κ3) is 4.25. The van der Waals surface area contributed by atoms with Crippen LogP contribution < -0.4 is 9.47 Å². The van der Waals surface area contributed by atoms with E-state index in [0.717, 1.165) is 37.1 Å². The van der Waals surface area contributed by atoms with Crippen molar-refractivity contribution in [3.63, 3.8) is 0 Å². The van der Waals surface area contributed by atoms with Crippen LogP contribution in [0.3, 0.4) is 0 Å². The number of aliphatic hydroxyl groups is 1. The first-order chi connectivity index (χ1) is 13.0. The molecule has 0 radical (unpaired) electrons. The number of halogens is 1. The van der Waals surface area contributed by atoms with Crippen LogP contribution in [0.2, 0.25) is 0 Å². The lowest BCUT2D eigenvalue weighted by Gasteiger charge is -2.38. The molecule has 3 rings (SSSR count). The minimum absolute atomic E-state index is 0.155. The van der Waals surface area contributed by atoms with Crippen molar-refractivity contribution in [2.45, 2.75) is 31.9 Å². The second-order valence-electron chi connectivity index (χ2n) is 7.13. The van der Waals surface area contributed by atoms with Crippen molar-refractivity contribution in [1.82, 2.24) is 4.90 Å². The Labute approximate surface area is 160 Å². The van der Waals surface area contributed by atoms with E-state index in [-0.39, 0.29) is 17.8 Å². The quantitative estimate of drug-likeness (QED) is 0.817. The smallest absolute Gasteiger partial charge is 0.166 e. The SMILES string of the molecule is COc1cccc(C(O)C2CCN(C(C)c3cccc(F)c3)CC2)c1OC. The topological polar surface area (TPSA) is 41.9 Å². The van der Waals surface area contributed by atoms with E-state index in [9.17, 15) is 9.50 Å². The van der Waals surface area contributed by atoms with Gasteiger partial charge in [0.15, 0.2) is 11.5 Å². The number of para-hydroxylation sites is 1. The van der Waals surface area contributed by atoms with Gasteiger partial charge in [-0.3, -0.25) is 4.90 Å².